The number of hydrogen-bond acceptors (Lipinski definition) is 9. The summed E-state index contributed by atoms with van der Waals surface area (Å²) in [5.74, 6) is 1.77. The number of carbonyl (C=O) groups is 2. The lowest BCUT2D eigenvalue weighted by molar-refractivity contribution is -0.144. The Hall–Kier alpha value is -4.41. The molecular weight excluding hydrogens is 582 g/mol. The molecule has 11 nitrogen and oxygen atoms in total. The molecule has 4 heterocycles. The number of hydrogen-bond donors (Lipinski definition) is 3. The third-order valence-corrected chi connectivity index (χ3v) is 8.74. The zero-order valence-corrected chi connectivity index (χ0v) is 27.5. The van der Waals surface area contributed by atoms with Gasteiger partial charge in [0.1, 0.15) is 30.4 Å². The highest BCUT2D eigenvalue weighted by Gasteiger charge is 2.39. The molecule has 0 spiro atoms. The number of ether oxygens (including phenoxy) is 1. The van der Waals surface area contributed by atoms with Crippen LogP contribution in [0.2, 0.25) is 0 Å². The number of aromatic nitrogens is 3. The molecule has 1 atom stereocenters. The molecular formula is C35H47N7O4. The van der Waals surface area contributed by atoms with Crippen LogP contribution < -0.4 is 15.5 Å². The standard InChI is InChI=1S/C35H47N7O4/c1-5-10-27-31(37-21-29(33(43)44)42(35(2,3)4)34(45)46-22-24-11-7-6-8-12-24)38-23-39-32(27)41-19-16-25(17-20-41)28-15-14-26-13-9-18-36-30(26)40-28/h6-8,11-12,14-15,23,25,29H,5,9-10,13,16-22H2,1-4H3,(H,36,40)(H,43,44)(H,37,38,39)/t29-/m0/s1. The smallest absolute Gasteiger partial charge is 0.411 e. The SMILES string of the molecule is CCCc1c(NC[C@@H](C(=O)O)N(C(=O)OCc2ccccc2)C(C)(C)C)ncnc1N1CCC(c2ccc3c(n2)NCCC3)CC1. The van der Waals surface area contributed by atoms with Crippen LogP contribution in [-0.4, -0.2) is 74.8 Å². The fraction of sp³-hybridized carbons (Fsp3) is 0.514. The van der Waals surface area contributed by atoms with Gasteiger partial charge < -0.3 is 25.4 Å². The van der Waals surface area contributed by atoms with Crippen LogP contribution in [0.3, 0.4) is 0 Å². The fourth-order valence-corrected chi connectivity index (χ4v) is 6.41. The summed E-state index contributed by atoms with van der Waals surface area (Å²) >= 11 is 0. The minimum absolute atomic E-state index is 0.0414. The second-order valence-corrected chi connectivity index (χ2v) is 13.1. The van der Waals surface area contributed by atoms with Crippen LogP contribution in [0.1, 0.15) is 81.7 Å². The first-order valence-electron chi connectivity index (χ1n) is 16.4. The van der Waals surface area contributed by atoms with Gasteiger partial charge in [-0.25, -0.2) is 24.5 Å². The van der Waals surface area contributed by atoms with Gasteiger partial charge in [0.2, 0.25) is 0 Å². The van der Waals surface area contributed by atoms with Gasteiger partial charge in [-0.15, -0.1) is 0 Å². The summed E-state index contributed by atoms with van der Waals surface area (Å²) in [6.45, 7) is 10.2. The number of aliphatic carboxylic acids is 1. The van der Waals surface area contributed by atoms with E-state index in [1.807, 2.05) is 30.3 Å². The van der Waals surface area contributed by atoms with Crippen LogP contribution in [0, 0.1) is 0 Å². The van der Waals surface area contributed by atoms with E-state index in [1.54, 1.807) is 20.8 Å². The first-order chi connectivity index (χ1) is 22.2. The van der Waals surface area contributed by atoms with E-state index in [0.717, 1.165) is 86.6 Å². The van der Waals surface area contributed by atoms with E-state index in [9.17, 15) is 14.7 Å². The molecule has 46 heavy (non-hydrogen) atoms. The maximum Gasteiger partial charge on any atom is 0.411 e. The second kappa shape index (κ2) is 14.8. The molecule has 0 unspecified atom stereocenters. The van der Waals surface area contributed by atoms with E-state index in [1.165, 1.54) is 16.8 Å². The molecule has 2 aromatic heterocycles. The first-order valence-corrected chi connectivity index (χ1v) is 16.4. The summed E-state index contributed by atoms with van der Waals surface area (Å²) in [6, 6.07) is 12.6. The van der Waals surface area contributed by atoms with Gasteiger partial charge in [0.25, 0.3) is 0 Å². The number of benzene rings is 1. The Morgan fingerprint density at radius 3 is 2.59 bits per heavy atom. The Morgan fingerprint density at radius 2 is 1.89 bits per heavy atom. The summed E-state index contributed by atoms with van der Waals surface area (Å²) in [6.07, 6.45) is 6.62. The van der Waals surface area contributed by atoms with Crippen molar-refractivity contribution in [2.24, 2.45) is 0 Å². The normalized spacial score (nSPS) is 15.8. The number of pyridine rings is 1. The Balaban J connectivity index is 1.28. The van der Waals surface area contributed by atoms with E-state index < -0.39 is 23.6 Å². The minimum Gasteiger partial charge on any atom is -0.480 e. The maximum absolute atomic E-state index is 13.3. The average molecular weight is 630 g/mol. The van der Waals surface area contributed by atoms with Gasteiger partial charge in [0.05, 0.1) is 0 Å². The molecule has 1 fully saturated rings. The van der Waals surface area contributed by atoms with Gasteiger partial charge >= 0.3 is 12.1 Å². The molecule has 3 N–H and O–H groups in total. The highest BCUT2D eigenvalue weighted by Crippen LogP contribution is 2.34. The molecule has 0 aliphatic carbocycles. The van der Waals surface area contributed by atoms with E-state index in [4.69, 9.17) is 14.7 Å². The Bertz CT molecular complexity index is 1490. The number of carboxylic acid groups (broad SMARTS) is 1. The quantitative estimate of drug-likeness (QED) is 0.237. The van der Waals surface area contributed by atoms with Crippen molar-refractivity contribution in [2.45, 2.75) is 90.3 Å². The number of carboxylic acids is 1. The van der Waals surface area contributed by atoms with Gasteiger partial charge in [0, 0.05) is 48.9 Å². The van der Waals surface area contributed by atoms with Gasteiger partial charge in [0.15, 0.2) is 6.04 Å². The zero-order valence-electron chi connectivity index (χ0n) is 27.5. The number of anilines is 3. The van der Waals surface area contributed by atoms with E-state index in [2.05, 4.69) is 39.6 Å². The average Bonchev–Trinajstić information content (AvgIpc) is 3.05. The topological polar surface area (TPSA) is 133 Å². The van der Waals surface area contributed by atoms with Crippen LogP contribution in [0.25, 0.3) is 0 Å². The number of carbonyl (C=O) groups excluding carboxylic acids is 1. The van der Waals surface area contributed by atoms with Crippen molar-refractivity contribution in [3.05, 3.63) is 71.2 Å². The molecule has 2 aliphatic heterocycles. The number of rotatable bonds is 11. The molecule has 3 aromatic rings. The fourth-order valence-electron chi connectivity index (χ4n) is 6.41. The maximum atomic E-state index is 13.3. The number of fused-ring (bicyclic) bond motifs is 1. The van der Waals surface area contributed by atoms with Crippen molar-refractivity contribution in [3.8, 4) is 0 Å². The largest absolute Gasteiger partial charge is 0.480 e. The van der Waals surface area contributed by atoms with Crippen molar-refractivity contribution in [1.82, 2.24) is 19.9 Å². The molecule has 2 aliphatic rings. The summed E-state index contributed by atoms with van der Waals surface area (Å²) in [7, 11) is 0. The van der Waals surface area contributed by atoms with Gasteiger partial charge in [-0.1, -0.05) is 49.7 Å². The third-order valence-electron chi connectivity index (χ3n) is 8.74. The molecule has 1 amide bonds. The van der Waals surface area contributed by atoms with Gasteiger partial charge in [-0.05, 0) is 70.1 Å². The Morgan fingerprint density at radius 1 is 1.13 bits per heavy atom. The predicted molar refractivity (Wildman–Crippen MR) is 179 cm³/mol. The lowest BCUT2D eigenvalue weighted by atomic mass is 9.92. The van der Waals surface area contributed by atoms with Crippen molar-refractivity contribution in [2.75, 3.05) is 41.7 Å². The number of amides is 1. The third kappa shape index (κ3) is 7.86. The first kappa shape index (κ1) is 33.0. The minimum atomic E-state index is -1.19. The Kier molecular flexibility index (Phi) is 10.6. The molecule has 5 rings (SSSR count). The number of aryl methyl sites for hydroxylation is 1. The van der Waals surface area contributed by atoms with Gasteiger partial charge in [-0.2, -0.15) is 0 Å². The number of piperidine rings is 1. The molecule has 246 valence electrons. The number of nitrogens with one attached hydrogen (secondary N) is 2. The van der Waals surface area contributed by atoms with Gasteiger partial charge in [-0.3, -0.25) is 4.90 Å². The highest BCUT2D eigenvalue weighted by atomic mass is 16.6. The summed E-state index contributed by atoms with van der Waals surface area (Å²) in [5.41, 5.74) is 3.43. The summed E-state index contributed by atoms with van der Waals surface area (Å²) in [5, 5.41) is 17.0. The predicted octanol–water partition coefficient (Wildman–Crippen LogP) is 5.87. The molecule has 1 saturated heterocycles. The molecule has 11 heteroatoms. The van der Waals surface area contributed by atoms with Crippen molar-refractivity contribution < 1.29 is 19.4 Å². The number of nitrogens with zero attached hydrogens (tertiary/aromatic N) is 5. The van der Waals surface area contributed by atoms with Crippen molar-refractivity contribution >= 4 is 29.5 Å². The second-order valence-electron chi connectivity index (χ2n) is 13.1. The van der Waals surface area contributed by atoms with E-state index >= 15 is 0 Å². The zero-order chi connectivity index (χ0) is 32.7. The van der Waals surface area contributed by atoms with Crippen LogP contribution >= 0.6 is 0 Å². The molecule has 0 radical (unpaired) electrons. The highest BCUT2D eigenvalue weighted by molar-refractivity contribution is 5.81. The monoisotopic (exact) mass is 629 g/mol. The summed E-state index contributed by atoms with van der Waals surface area (Å²) in [4.78, 5) is 43.7. The van der Waals surface area contributed by atoms with Crippen LogP contribution in [-0.2, 0) is 29.0 Å². The lowest BCUT2D eigenvalue weighted by Gasteiger charge is -2.39. The molecule has 1 aromatic carbocycles. The summed E-state index contributed by atoms with van der Waals surface area (Å²) < 4.78 is 5.58. The van der Waals surface area contributed by atoms with E-state index in [0.29, 0.717) is 11.7 Å². The molecule has 0 saturated carbocycles. The molecule has 0 bridgehead atoms. The lowest BCUT2D eigenvalue weighted by Crippen LogP contribution is -2.57. The Labute approximate surface area is 271 Å². The van der Waals surface area contributed by atoms with Crippen molar-refractivity contribution in [1.29, 1.82) is 0 Å². The van der Waals surface area contributed by atoms with Crippen molar-refractivity contribution in [3.63, 3.8) is 0 Å². The van der Waals surface area contributed by atoms with Crippen LogP contribution in [0.15, 0.2) is 48.8 Å². The van der Waals surface area contributed by atoms with Crippen LogP contribution in [0.5, 0.6) is 0 Å². The van der Waals surface area contributed by atoms with Crippen LogP contribution in [0.4, 0.5) is 22.2 Å². The van der Waals surface area contributed by atoms with E-state index in [-0.39, 0.29) is 13.2 Å².